The molecule has 3 N–H and O–H groups in total. The van der Waals surface area contributed by atoms with Gasteiger partial charge in [-0.1, -0.05) is 6.92 Å². The highest BCUT2D eigenvalue weighted by atomic mass is 15.3. The van der Waals surface area contributed by atoms with E-state index in [0.717, 1.165) is 23.4 Å². The molecule has 76 valence electrons. The van der Waals surface area contributed by atoms with Crippen molar-refractivity contribution in [2.24, 2.45) is 10.8 Å². The monoisotopic (exact) mass is 193 g/mol. The fourth-order valence-electron chi connectivity index (χ4n) is 1.24. The fourth-order valence-corrected chi connectivity index (χ4v) is 1.24. The molecule has 0 atom stereocenters. The highest BCUT2D eigenvalue weighted by Gasteiger charge is 2.08. The van der Waals surface area contributed by atoms with Crippen molar-refractivity contribution in [2.75, 3.05) is 7.05 Å². The average Bonchev–Trinajstić information content (AvgIpc) is 2.20. The van der Waals surface area contributed by atoms with Gasteiger partial charge in [0.1, 0.15) is 5.84 Å². The van der Waals surface area contributed by atoms with Crippen LogP contribution in [0.4, 0.5) is 0 Å². The Labute approximate surface area is 83.4 Å². The summed E-state index contributed by atoms with van der Waals surface area (Å²) >= 11 is 0. The van der Waals surface area contributed by atoms with Gasteiger partial charge in [0, 0.05) is 12.6 Å². The molecule has 1 aromatic heterocycles. The van der Waals surface area contributed by atoms with E-state index in [1.165, 1.54) is 0 Å². The molecule has 5 heteroatoms. The molecule has 1 aromatic rings. The number of aryl methyl sites for hydroxylation is 2. The summed E-state index contributed by atoms with van der Waals surface area (Å²) in [6.07, 6.45) is 0.809. The van der Waals surface area contributed by atoms with Crippen molar-refractivity contribution in [3.8, 4) is 0 Å². The van der Waals surface area contributed by atoms with E-state index in [2.05, 4.69) is 20.6 Å². The fraction of sp³-hybridized carbons (Fsp3) is 0.444. The lowest BCUT2D eigenvalue weighted by atomic mass is 10.1. The lowest BCUT2D eigenvalue weighted by molar-refractivity contribution is 0.880. The lowest BCUT2D eigenvalue weighted by Gasteiger charge is -2.08. The second-order valence-corrected chi connectivity index (χ2v) is 2.92. The van der Waals surface area contributed by atoms with Gasteiger partial charge in [-0.15, -0.1) is 0 Å². The number of rotatable bonds is 2. The van der Waals surface area contributed by atoms with E-state index in [-0.39, 0.29) is 0 Å². The number of amidine groups is 1. The number of hydrogen-bond donors (Lipinski definition) is 2. The minimum Gasteiger partial charge on any atom is -0.308 e. The third-order valence-corrected chi connectivity index (χ3v) is 1.94. The van der Waals surface area contributed by atoms with Gasteiger partial charge in [-0.05, 0) is 19.4 Å². The van der Waals surface area contributed by atoms with Crippen molar-refractivity contribution < 1.29 is 0 Å². The van der Waals surface area contributed by atoms with Gasteiger partial charge in [0.05, 0.1) is 11.4 Å². The summed E-state index contributed by atoms with van der Waals surface area (Å²) in [5.41, 5.74) is 5.23. The summed E-state index contributed by atoms with van der Waals surface area (Å²) < 4.78 is 0. The van der Waals surface area contributed by atoms with Crippen LogP contribution in [0.15, 0.2) is 11.1 Å². The van der Waals surface area contributed by atoms with Gasteiger partial charge in [-0.3, -0.25) is 4.99 Å². The Kier molecular flexibility index (Phi) is 3.53. The van der Waals surface area contributed by atoms with Crippen LogP contribution in [-0.2, 0) is 6.42 Å². The first-order valence-corrected chi connectivity index (χ1v) is 4.49. The molecule has 0 radical (unpaired) electrons. The molecule has 0 fully saturated rings. The predicted octanol–water partition coefficient (Wildman–Crippen LogP) is 0.187. The maximum atomic E-state index is 5.36. The van der Waals surface area contributed by atoms with Gasteiger partial charge < -0.3 is 5.43 Å². The second kappa shape index (κ2) is 4.66. The van der Waals surface area contributed by atoms with Gasteiger partial charge >= 0.3 is 0 Å². The van der Waals surface area contributed by atoms with Crippen molar-refractivity contribution >= 4 is 5.84 Å². The largest absolute Gasteiger partial charge is 0.308 e. The quantitative estimate of drug-likeness (QED) is 0.304. The van der Waals surface area contributed by atoms with Crippen LogP contribution in [0, 0.1) is 6.92 Å². The standard InChI is InChI=1S/C9H15N5/c1-4-8-7(9(11-3)12-10)5-6(2)13-14-8/h5H,4,10H2,1-3H3,(H,11,12). The summed E-state index contributed by atoms with van der Waals surface area (Å²) in [4.78, 5) is 4.04. The van der Waals surface area contributed by atoms with Crippen molar-refractivity contribution in [3.63, 3.8) is 0 Å². The van der Waals surface area contributed by atoms with Crippen LogP contribution in [0.5, 0.6) is 0 Å². The number of hydrazine groups is 1. The van der Waals surface area contributed by atoms with E-state index >= 15 is 0 Å². The molecule has 0 aliphatic heterocycles. The van der Waals surface area contributed by atoms with E-state index in [4.69, 9.17) is 5.84 Å². The SMILES string of the molecule is CCc1nnc(C)cc1C(=NC)NN. The van der Waals surface area contributed by atoms with Crippen molar-refractivity contribution in [3.05, 3.63) is 23.0 Å². The molecule has 0 aromatic carbocycles. The summed E-state index contributed by atoms with van der Waals surface area (Å²) in [5, 5.41) is 8.08. The third kappa shape index (κ3) is 2.05. The normalized spacial score (nSPS) is 11.6. The number of nitrogens with two attached hydrogens (primary N) is 1. The maximum absolute atomic E-state index is 5.36. The van der Waals surface area contributed by atoms with E-state index in [0.29, 0.717) is 5.84 Å². The van der Waals surface area contributed by atoms with Gasteiger partial charge in [0.15, 0.2) is 0 Å². The van der Waals surface area contributed by atoms with E-state index in [9.17, 15) is 0 Å². The van der Waals surface area contributed by atoms with E-state index < -0.39 is 0 Å². The van der Waals surface area contributed by atoms with E-state index in [1.54, 1.807) is 7.05 Å². The zero-order valence-corrected chi connectivity index (χ0v) is 8.70. The molecule has 0 amide bonds. The lowest BCUT2D eigenvalue weighted by Crippen LogP contribution is -2.32. The summed E-state index contributed by atoms with van der Waals surface area (Å²) in [5.74, 6) is 6.00. The molecule has 0 saturated carbocycles. The Bertz CT molecular complexity index is 345. The molecule has 1 heterocycles. The smallest absolute Gasteiger partial charge is 0.144 e. The van der Waals surface area contributed by atoms with Crippen LogP contribution < -0.4 is 11.3 Å². The molecule has 14 heavy (non-hydrogen) atoms. The zero-order chi connectivity index (χ0) is 10.6. The Morgan fingerprint density at radius 1 is 1.57 bits per heavy atom. The van der Waals surface area contributed by atoms with Crippen molar-refractivity contribution in [1.29, 1.82) is 0 Å². The van der Waals surface area contributed by atoms with Crippen molar-refractivity contribution in [2.45, 2.75) is 20.3 Å². The number of aromatic nitrogens is 2. The predicted molar refractivity (Wildman–Crippen MR) is 55.9 cm³/mol. The summed E-state index contributed by atoms with van der Waals surface area (Å²) in [6, 6.07) is 1.92. The molecule has 0 spiro atoms. The molecular weight excluding hydrogens is 178 g/mol. The molecule has 0 aliphatic carbocycles. The Balaban J connectivity index is 3.22. The van der Waals surface area contributed by atoms with Crippen molar-refractivity contribution in [1.82, 2.24) is 15.6 Å². The third-order valence-electron chi connectivity index (χ3n) is 1.94. The van der Waals surface area contributed by atoms with Crippen LogP contribution >= 0.6 is 0 Å². The average molecular weight is 193 g/mol. The highest BCUT2D eigenvalue weighted by molar-refractivity contribution is 5.99. The van der Waals surface area contributed by atoms with Crippen LogP contribution in [0.25, 0.3) is 0 Å². The minimum atomic E-state index is 0.639. The second-order valence-electron chi connectivity index (χ2n) is 2.92. The van der Waals surface area contributed by atoms with Gasteiger partial charge in [0.25, 0.3) is 0 Å². The Hall–Kier alpha value is -1.49. The van der Waals surface area contributed by atoms with Crippen LogP contribution in [0.3, 0.4) is 0 Å². The van der Waals surface area contributed by atoms with E-state index in [1.807, 2.05) is 19.9 Å². The van der Waals surface area contributed by atoms with Crippen LogP contribution in [-0.4, -0.2) is 23.1 Å². The first kappa shape index (κ1) is 10.6. The first-order chi connectivity index (χ1) is 6.72. The van der Waals surface area contributed by atoms with Crippen LogP contribution in [0.2, 0.25) is 0 Å². The maximum Gasteiger partial charge on any atom is 0.144 e. The topological polar surface area (TPSA) is 76.2 Å². The van der Waals surface area contributed by atoms with Gasteiger partial charge in [-0.2, -0.15) is 10.2 Å². The highest BCUT2D eigenvalue weighted by Crippen LogP contribution is 2.07. The molecule has 0 aliphatic rings. The molecule has 5 nitrogen and oxygen atoms in total. The number of nitrogens with one attached hydrogen (secondary N) is 1. The minimum absolute atomic E-state index is 0.639. The van der Waals surface area contributed by atoms with Gasteiger partial charge in [0.2, 0.25) is 0 Å². The molecule has 1 rings (SSSR count). The number of hydrogen-bond acceptors (Lipinski definition) is 4. The molecule has 0 saturated heterocycles. The molecule has 0 bridgehead atoms. The Morgan fingerprint density at radius 2 is 2.29 bits per heavy atom. The summed E-state index contributed by atoms with van der Waals surface area (Å²) in [6.45, 7) is 3.91. The molecular formula is C9H15N5. The zero-order valence-electron chi connectivity index (χ0n) is 8.70. The molecule has 0 unspecified atom stereocenters. The first-order valence-electron chi connectivity index (χ1n) is 4.49. The number of aliphatic imine (C=N–C) groups is 1. The summed E-state index contributed by atoms with van der Waals surface area (Å²) in [7, 11) is 1.68. The van der Waals surface area contributed by atoms with Crippen LogP contribution in [0.1, 0.15) is 23.9 Å². The Morgan fingerprint density at radius 3 is 2.79 bits per heavy atom. The number of nitrogens with zero attached hydrogens (tertiary/aromatic N) is 3. The van der Waals surface area contributed by atoms with Gasteiger partial charge in [-0.25, -0.2) is 5.84 Å².